The van der Waals surface area contributed by atoms with E-state index >= 15 is 0 Å². The summed E-state index contributed by atoms with van der Waals surface area (Å²) in [6.07, 6.45) is -4.42. The molecule has 0 saturated carbocycles. The van der Waals surface area contributed by atoms with Gasteiger partial charge in [0.1, 0.15) is 0 Å². The smallest absolute Gasteiger partial charge is 0.288 e. The van der Waals surface area contributed by atoms with Crippen molar-refractivity contribution in [1.29, 1.82) is 0 Å². The Bertz CT molecular complexity index is 511. The van der Waals surface area contributed by atoms with Gasteiger partial charge in [-0.3, -0.25) is 4.99 Å². The molecule has 0 bridgehead atoms. The lowest BCUT2D eigenvalue weighted by Gasteiger charge is -2.13. The van der Waals surface area contributed by atoms with Crippen molar-refractivity contribution in [2.45, 2.75) is 12.6 Å². The van der Waals surface area contributed by atoms with Crippen LogP contribution in [-0.4, -0.2) is 18.4 Å². The van der Waals surface area contributed by atoms with Gasteiger partial charge in [-0.05, 0) is 6.07 Å². The molecule has 18 heavy (non-hydrogen) atoms. The van der Waals surface area contributed by atoms with Crippen LogP contribution in [0, 0.1) is 5.92 Å². The number of hydrogen-bond donors (Lipinski definition) is 0. The number of rotatable bonds is 1. The Labute approximate surface area is 117 Å². The monoisotopic (exact) mass is 315 g/mol. The fraction of sp³-hybridized carbons (Fsp3) is 0.364. The first-order valence-corrected chi connectivity index (χ1v) is 6.18. The minimum atomic E-state index is -4.24. The van der Waals surface area contributed by atoms with Crippen molar-refractivity contribution < 1.29 is 13.2 Å². The first-order chi connectivity index (χ1) is 8.30. The number of benzene rings is 1. The molecular formula is C11H7Cl3F3N. The van der Waals surface area contributed by atoms with E-state index in [1.165, 1.54) is 12.1 Å². The lowest BCUT2D eigenvalue weighted by molar-refractivity contribution is -0.167. The van der Waals surface area contributed by atoms with Gasteiger partial charge in [0.25, 0.3) is 0 Å². The van der Waals surface area contributed by atoms with Crippen molar-refractivity contribution in [3.8, 4) is 0 Å². The molecule has 1 unspecified atom stereocenters. The number of nitrogens with zero attached hydrogens (tertiary/aromatic N) is 1. The molecule has 2 rings (SSSR count). The summed E-state index contributed by atoms with van der Waals surface area (Å²) in [5, 5.41) is 0.538. The molecule has 1 nitrogen and oxygen atoms in total. The van der Waals surface area contributed by atoms with Gasteiger partial charge in [0.05, 0.1) is 27.5 Å². The SMILES string of the molecule is FC(F)(F)C1CN=C(c2ccc(Cl)c(Cl)c2Cl)C1. The van der Waals surface area contributed by atoms with E-state index in [0.29, 0.717) is 11.3 Å². The van der Waals surface area contributed by atoms with Gasteiger partial charge in [-0.15, -0.1) is 0 Å². The van der Waals surface area contributed by atoms with Crippen LogP contribution >= 0.6 is 34.8 Å². The number of hydrogen-bond acceptors (Lipinski definition) is 1. The second kappa shape index (κ2) is 4.91. The highest BCUT2D eigenvalue weighted by Gasteiger charge is 2.42. The first-order valence-electron chi connectivity index (χ1n) is 5.04. The molecule has 0 fully saturated rings. The zero-order valence-corrected chi connectivity index (χ0v) is 11.1. The van der Waals surface area contributed by atoms with E-state index in [1.807, 2.05) is 0 Å². The highest BCUT2D eigenvalue weighted by atomic mass is 35.5. The third kappa shape index (κ3) is 2.60. The first kappa shape index (κ1) is 14.0. The van der Waals surface area contributed by atoms with E-state index in [-0.39, 0.29) is 28.0 Å². The number of aliphatic imine (C=N–C) groups is 1. The number of halogens is 6. The van der Waals surface area contributed by atoms with Gasteiger partial charge >= 0.3 is 6.18 Å². The molecule has 0 spiro atoms. The summed E-state index contributed by atoms with van der Waals surface area (Å²) in [4.78, 5) is 3.90. The largest absolute Gasteiger partial charge is 0.393 e. The van der Waals surface area contributed by atoms with Crippen LogP contribution in [0.5, 0.6) is 0 Å². The zero-order chi connectivity index (χ0) is 13.5. The van der Waals surface area contributed by atoms with Crippen LogP contribution in [0.3, 0.4) is 0 Å². The second-order valence-corrected chi connectivity index (χ2v) is 5.12. The molecule has 1 aromatic rings. The average Bonchev–Trinajstić information content (AvgIpc) is 2.75. The summed E-state index contributed by atoms with van der Waals surface area (Å²) in [5.41, 5.74) is 0.735. The van der Waals surface area contributed by atoms with Gasteiger partial charge < -0.3 is 0 Å². The lowest BCUT2D eigenvalue weighted by Crippen LogP contribution is -2.23. The average molecular weight is 317 g/mol. The maximum Gasteiger partial charge on any atom is 0.393 e. The summed E-state index contributed by atoms with van der Waals surface area (Å²) in [6.45, 7) is -0.268. The van der Waals surface area contributed by atoms with Gasteiger partial charge in [-0.2, -0.15) is 13.2 Å². The Balaban J connectivity index is 2.28. The fourth-order valence-electron chi connectivity index (χ4n) is 1.75. The van der Waals surface area contributed by atoms with Crippen LogP contribution in [0.15, 0.2) is 17.1 Å². The minimum absolute atomic E-state index is 0.133. The Morgan fingerprint density at radius 1 is 1.11 bits per heavy atom. The molecule has 0 aromatic heterocycles. The van der Waals surface area contributed by atoms with Crippen LogP contribution in [0.2, 0.25) is 15.1 Å². The molecule has 1 aliphatic rings. The molecule has 0 aliphatic carbocycles. The van der Waals surface area contributed by atoms with E-state index in [0.717, 1.165) is 0 Å². The summed E-state index contributed by atoms with van der Waals surface area (Å²) >= 11 is 17.6. The molecule has 0 saturated heterocycles. The second-order valence-electron chi connectivity index (χ2n) is 3.95. The standard InChI is InChI=1S/C11H7Cl3F3N/c12-7-2-1-6(9(13)10(7)14)8-3-5(4-18-8)11(15,16)17/h1-2,5H,3-4H2. The Morgan fingerprint density at radius 3 is 2.33 bits per heavy atom. The predicted octanol–water partition coefficient (Wildman–Crippen LogP) is 5.02. The molecule has 0 N–H and O–H groups in total. The molecule has 1 heterocycles. The third-order valence-electron chi connectivity index (χ3n) is 2.75. The predicted molar refractivity (Wildman–Crippen MR) is 67.0 cm³/mol. The molecule has 1 atom stereocenters. The van der Waals surface area contributed by atoms with Gasteiger partial charge in [0, 0.05) is 17.7 Å². The summed E-state index contributed by atoms with van der Waals surface area (Å²) in [5.74, 6) is -1.45. The van der Waals surface area contributed by atoms with Crippen LogP contribution in [0.1, 0.15) is 12.0 Å². The Morgan fingerprint density at radius 2 is 1.78 bits per heavy atom. The maximum atomic E-state index is 12.5. The zero-order valence-electron chi connectivity index (χ0n) is 8.86. The summed E-state index contributed by atoms with van der Waals surface area (Å²) in [6, 6.07) is 3.03. The topological polar surface area (TPSA) is 12.4 Å². The summed E-state index contributed by atoms with van der Waals surface area (Å²) in [7, 11) is 0. The van der Waals surface area contributed by atoms with Gasteiger partial charge in [-0.25, -0.2) is 0 Å². The van der Waals surface area contributed by atoms with Crippen molar-refractivity contribution >= 4 is 40.5 Å². The van der Waals surface area contributed by atoms with Crippen LogP contribution < -0.4 is 0 Å². The van der Waals surface area contributed by atoms with Crippen molar-refractivity contribution in [1.82, 2.24) is 0 Å². The molecule has 1 aliphatic heterocycles. The lowest BCUT2D eigenvalue weighted by atomic mass is 10.0. The maximum absolute atomic E-state index is 12.5. The normalized spacial score (nSPS) is 20.1. The minimum Gasteiger partial charge on any atom is -0.288 e. The van der Waals surface area contributed by atoms with Gasteiger partial charge in [-0.1, -0.05) is 40.9 Å². The van der Waals surface area contributed by atoms with Crippen LogP contribution in [0.25, 0.3) is 0 Å². The van der Waals surface area contributed by atoms with E-state index in [1.54, 1.807) is 0 Å². The van der Waals surface area contributed by atoms with Crippen molar-refractivity contribution in [3.63, 3.8) is 0 Å². The summed E-state index contributed by atoms with van der Waals surface area (Å²) < 4.78 is 37.6. The quantitative estimate of drug-likeness (QED) is 0.645. The Kier molecular flexibility index (Phi) is 3.81. The molecule has 1 aromatic carbocycles. The van der Waals surface area contributed by atoms with Crippen LogP contribution in [-0.2, 0) is 0 Å². The van der Waals surface area contributed by atoms with Crippen molar-refractivity contribution in [2.24, 2.45) is 10.9 Å². The third-order valence-corrected chi connectivity index (χ3v) is 4.04. The van der Waals surface area contributed by atoms with Crippen molar-refractivity contribution in [3.05, 3.63) is 32.8 Å². The van der Waals surface area contributed by atoms with Gasteiger partial charge in [0.15, 0.2) is 0 Å². The molecule has 0 radical (unpaired) electrons. The van der Waals surface area contributed by atoms with E-state index in [9.17, 15) is 13.2 Å². The van der Waals surface area contributed by atoms with E-state index < -0.39 is 12.1 Å². The highest BCUT2D eigenvalue weighted by Crippen LogP contribution is 2.38. The van der Waals surface area contributed by atoms with Gasteiger partial charge in [0.2, 0.25) is 0 Å². The number of alkyl halides is 3. The molecular weight excluding hydrogens is 309 g/mol. The molecule has 98 valence electrons. The van der Waals surface area contributed by atoms with E-state index in [4.69, 9.17) is 34.8 Å². The van der Waals surface area contributed by atoms with Crippen molar-refractivity contribution in [2.75, 3.05) is 6.54 Å². The fourth-order valence-corrected chi connectivity index (χ4v) is 2.39. The van der Waals surface area contributed by atoms with Crippen LogP contribution in [0.4, 0.5) is 13.2 Å². The Hall–Kier alpha value is -0.450. The molecule has 7 heteroatoms. The van der Waals surface area contributed by atoms with E-state index in [2.05, 4.69) is 4.99 Å². The molecule has 0 amide bonds. The highest BCUT2D eigenvalue weighted by molar-refractivity contribution is 6.49.